The van der Waals surface area contributed by atoms with Gasteiger partial charge in [0.25, 0.3) is 0 Å². The number of phenolic OH excluding ortho intramolecular Hbond substituents is 1. The number of aryl methyl sites for hydroxylation is 3. The fourth-order valence-corrected chi connectivity index (χ4v) is 2.50. The fraction of sp³-hybridized carbons (Fsp3) is 0.176. The maximum atomic E-state index is 10.1. The van der Waals surface area contributed by atoms with Crippen LogP contribution in [0.3, 0.4) is 0 Å². The lowest BCUT2D eigenvalue weighted by Crippen LogP contribution is -1.82. The summed E-state index contributed by atoms with van der Waals surface area (Å²) in [4.78, 5) is 2.87. The third kappa shape index (κ3) is 2.30. The maximum absolute atomic E-state index is 10.1. The van der Waals surface area contributed by atoms with Gasteiger partial charge in [-0.25, -0.2) is 0 Å². The van der Waals surface area contributed by atoms with Crippen LogP contribution in [0.1, 0.15) is 16.7 Å². The predicted molar refractivity (Wildman–Crippen MR) is 86.5 cm³/mol. The van der Waals surface area contributed by atoms with Gasteiger partial charge >= 0.3 is 0 Å². The van der Waals surface area contributed by atoms with E-state index in [-0.39, 0.29) is 11.6 Å². The number of fused-ring (bicyclic) bond motifs is 1. The van der Waals surface area contributed by atoms with E-state index in [4.69, 9.17) is 0 Å². The Morgan fingerprint density at radius 1 is 0.955 bits per heavy atom. The number of aromatic amines is 1. The van der Waals surface area contributed by atoms with Crippen LogP contribution in [0.5, 0.6) is 11.6 Å². The van der Waals surface area contributed by atoms with Crippen molar-refractivity contribution in [2.75, 3.05) is 0 Å². The fourth-order valence-electron chi connectivity index (χ4n) is 2.50. The Kier molecular flexibility index (Phi) is 3.33. The molecular formula is C17H17N3O2. The molecule has 3 aromatic rings. The van der Waals surface area contributed by atoms with Gasteiger partial charge < -0.3 is 15.2 Å². The monoisotopic (exact) mass is 295 g/mol. The molecule has 0 saturated heterocycles. The summed E-state index contributed by atoms with van der Waals surface area (Å²) in [5.74, 6) is 0.150. The Labute approximate surface area is 128 Å². The number of nitrogens with zero attached hydrogens (tertiary/aromatic N) is 2. The first-order valence-electron chi connectivity index (χ1n) is 6.99. The zero-order valence-electron chi connectivity index (χ0n) is 12.7. The Bertz CT molecular complexity index is 877. The lowest BCUT2D eigenvalue weighted by molar-refractivity contribution is 0.459. The second-order valence-electron chi connectivity index (χ2n) is 5.45. The van der Waals surface area contributed by atoms with Crippen LogP contribution in [0.2, 0.25) is 0 Å². The number of rotatable bonds is 2. The quantitative estimate of drug-likeness (QED) is 0.586. The van der Waals surface area contributed by atoms with E-state index in [1.165, 1.54) is 0 Å². The number of phenols is 1. The zero-order chi connectivity index (χ0) is 15.9. The molecule has 1 heterocycles. The Hall–Kier alpha value is -2.82. The van der Waals surface area contributed by atoms with Gasteiger partial charge in [0.15, 0.2) is 5.69 Å². The van der Waals surface area contributed by atoms with Crippen molar-refractivity contribution in [3.63, 3.8) is 0 Å². The average Bonchev–Trinajstić information content (AvgIpc) is 2.80. The van der Waals surface area contributed by atoms with Crippen LogP contribution in [0.15, 0.2) is 40.6 Å². The van der Waals surface area contributed by atoms with Crippen LogP contribution in [-0.4, -0.2) is 15.2 Å². The molecule has 0 aliphatic carbocycles. The Morgan fingerprint density at radius 2 is 1.64 bits per heavy atom. The lowest BCUT2D eigenvalue weighted by atomic mass is 10.1. The molecule has 1 aromatic heterocycles. The van der Waals surface area contributed by atoms with E-state index in [1.54, 1.807) is 13.0 Å². The summed E-state index contributed by atoms with van der Waals surface area (Å²) in [5.41, 5.74) is 4.32. The summed E-state index contributed by atoms with van der Waals surface area (Å²) >= 11 is 0. The molecule has 0 atom stereocenters. The van der Waals surface area contributed by atoms with Crippen molar-refractivity contribution in [2.24, 2.45) is 10.2 Å². The third-order valence-electron chi connectivity index (χ3n) is 3.75. The minimum absolute atomic E-state index is 0.0565. The van der Waals surface area contributed by atoms with Gasteiger partial charge in [-0.2, -0.15) is 5.11 Å². The number of H-pyrrole nitrogens is 1. The molecule has 3 N–H and O–H groups in total. The topological polar surface area (TPSA) is 81.0 Å². The normalized spacial score (nSPS) is 11.6. The standard InChI is InChI=1S/C17H17N3O2/c1-9-4-6-12(7-5-9)19-20-15-14-11(3)16(21)10(2)8-13(14)18-17(15)22/h4-8,18,21-22H,1-3H3. The van der Waals surface area contributed by atoms with Crippen LogP contribution < -0.4 is 0 Å². The number of aromatic nitrogens is 1. The van der Waals surface area contributed by atoms with Crippen molar-refractivity contribution >= 4 is 22.3 Å². The average molecular weight is 295 g/mol. The van der Waals surface area contributed by atoms with E-state index in [0.717, 1.165) is 16.6 Å². The summed E-state index contributed by atoms with van der Waals surface area (Å²) in [7, 11) is 0. The van der Waals surface area contributed by atoms with Crippen molar-refractivity contribution in [3.05, 3.63) is 47.0 Å². The molecule has 0 radical (unpaired) electrons. The SMILES string of the molecule is Cc1ccc(N=Nc2c(O)[nH]c3cc(C)c(O)c(C)c23)cc1. The predicted octanol–water partition coefficient (Wildman–Crippen LogP) is 4.92. The van der Waals surface area contributed by atoms with Gasteiger partial charge in [-0.15, -0.1) is 5.11 Å². The molecule has 0 spiro atoms. The first-order chi connectivity index (χ1) is 10.5. The van der Waals surface area contributed by atoms with E-state index in [0.29, 0.717) is 22.3 Å². The van der Waals surface area contributed by atoms with E-state index in [1.807, 2.05) is 38.1 Å². The maximum Gasteiger partial charge on any atom is 0.218 e. The molecule has 5 nitrogen and oxygen atoms in total. The van der Waals surface area contributed by atoms with Crippen LogP contribution in [0.25, 0.3) is 10.9 Å². The molecule has 0 aliphatic rings. The summed E-state index contributed by atoms with van der Waals surface area (Å²) in [6, 6.07) is 9.40. The van der Waals surface area contributed by atoms with Crippen molar-refractivity contribution in [2.45, 2.75) is 20.8 Å². The number of aromatic hydroxyl groups is 2. The van der Waals surface area contributed by atoms with Gasteiger partial charge in [-0.1, -0.05) is 17.7 Å². The van der Waals surface area contributed by atoms with E-state index in [9.17, 15) is 10.2 Å². The number of hydrogen-bond donors (Lipinski definition) is 3. The number of nitrogens with one attached hydrogen (secondary N) is 1. The molecule has 0 bridgehead atoms. The smallest absolute Gasteiger partial charge is 0.218 e. The number of benzene rings is 2. The first kappa shape index (κ1) is 14.1. The minimum Gasteiger partial charge on any atom is -0.507 e. The Morgan fingerprint density at radius 3 is 2.32 bits per heavy atom. The van der Waals surface area contributed by atoms with Crippen LogP contribution in [0, 0.1) is 20.8 Å². The van der Waals surface area contributed by atoms with Crippen molar-refractivity contribution in [3.8, 4) is 11.6 Å². The van der Waals surface area contributed by atoms with Crippen molar-refractivity contribution < 1.29 is 10.2 Å². The van der Waals surface area contributed by atoms with Crippen LogP contribution in [0.4, 0.5) is 11.4 Å². The molecule has 0 saturated carbocycles. The third-order valence-corrected chi connectivity index (χ3v) is 3.75. The molecule has 0 fully saturated rings. The molecule has 0 aliphatic heterocycles. The molecule has 0 unspecified atom stereocenters. The summed E-state index contributed by atoms with van der Waals surface area (Å²) in [6.45, 7) is 5.61. The van der Waals surface area contributed by atoms with Crippen molar-refractivity contribution in [1.82, 2.24) is 4.98 Å². The molecule has 3 rings (SSSR count). The van der Waals surface area contributed by atoms with Crippen LogP contribution in [-0.2, 0) is 0 Å². The highest BCUT2D eigenvalue weighted by molar-refractivity contribution is 5.98. The van der Waals surface area contributed by atoms with Gasteiger partial charge in [0, 0.05) is 10.9 Å². The Balaban J connectivity index is 2.12. The second-order valence-corrected chi connectivity index (χ2v) is 5.45. The lowest BCUT2D eigenvalue weighted by Gasteiger charge is -2.04. The molecule has 5 heteroatoms. The van der Waals surface area contributed by atoms with Gasteiger partial charge in [0.1, 0.15) is 5.75 Å². The zero-order valence-corrected chi connectivity index (χ0v) is 12.7. The number of azo groups is 1. The minimum atomic E-state index is -0.0565. The molecular weight excluding hydrogens is 278 g/mol. The summed E-state index contributed by atoms with van der Waals surface area (Å²) in [6.07, 6.45) is 0. The highest BCUT2D eigenvalue weighted by Crippen LogP contribution is 2.41. The molecule has 112 valence electrons. The van der Waals surface area contributed by atoms with Gasteiger partial charge in [0.2, 0.25) is 5.88 Å². The van der Waals surface area contributed by atoms with E-state index in [2.05, 4.69) is 15.2 Å². The van der Waals surface area contributed by atoms with Gasteiger partial charge in [0.05, 0.1) is 11.2 Å². The first-order valence-corrected chi connectivity index (χ1v) is 6.99. The molecule has 0 amide bonds. The van der Waals surface area contributed by atoms with Crippen molar-refractivity contribution in [1.29, 1.82) is 0 Å². The summed E-state index contributed by atoms with van der Waals surface area (Å²) in [5, 5.41) is 29.2. The second kappa shape index (κ2) is 5.18. The highest BCUT2D eigenvalue weighted by atomic mass is 16.3. The number of hydrogen-bond acceptors (Lipinski definition) is 4. The van der Waals surface area contributed by atoms with E-state index < -0.39 is 0 Å². The summed E-state index contributed by atoms with van der Waals surface area (Å²) < 4.78 is 0. The molecule has 22 heavy (non-hydrogen) atoms. The molecule has 2 aromatic carbocycles. The largest absolute Gasteiger partial charge is 0.507 e. The highest BCUT2D eigenvalue weighted by Gasteiger charge is 2.16. The van der Waals surface area contributed by atoms with Gasteiger partial charge in [-0.05, 0) is 44.5 Å². The van der Waals surface area contributed by atoms with E-state index >= 15 is 0 Å². The van der Waals surface area contributed by atoms with Gasteiger partial charge in [-0.3, -0.25) is 0 Å². The van der Waals surface area contributed by atoms with Crippen LogP contribution >= 0.6 is 0 Å².